The SMILES string of the molecule is NCCC(O)C(=O)OC1CCOCC1. The molecule has 0 aliphatic carbocycles. The fourth-order valence-electron chi connectivity index (χ4n) is 1.31. The van der Waals surface area contributed by atoms with Crippen molar-refractivity contribution in [3.8, 4) is 0 Å². The van der Waals surface area contributed by atoms with E-state index < -0.39 is 12.1 Å². The van der Waals surface area contributed by atoms with Crippen LogP contribution in [0.25, 0.3) is 0 Å². The molecule has 0 bridgehead atoms. The number of aliphatic hydroxyl groups excluding tert-OH is 1. The molecule has 3 N–H and O–H groups in total. The number of hydrogen-bond acceptors (Lipinski definition) is 5. The van der Waals surface area contributed by atoms with Crippen LogP contribution < -0.4 is 5.73 Å². The zero-order chi connectivity index (χ0) is 10.4. The van der Waals surface area contributed by atoms with Crippen LogP contribution in [-0.2, 0) is 14.3 Å². The normalized spacial score (nSPS) is 20.4. The minimum atomic E-state index is -1.08. The van der Waals surface area contributed by atoms with Gasteiger partial charge in [-0.1, -0.05) is 0 Å². The summed E-state index contributed by atoms with van der Waals surface area (Å²) in [5, 5.41) is 9.26. The van der Waals surface area contributed by atoms with Crippen LogP contribution >= 0.6 is 0 Å². The van der Waals surface area contributed by atoms with Gasteiger partial charge in [0.1, 0.15) is 6.10 Å². The molecular formula is C9H17NO4. The number of carbonyl (C=O) groups excluding carboxylic acids is 1. The first-order chi connectivity index (χ1) is 6.74. The highest BCUT2D eigenvalue weighted by molar-refractivity contribution is 5.74. The van der Waals surface area contributed by atoms with E-state index in [0.29, 0.717) is 26.1 Å². The molecule has 5 heteroatoms. The van der Waals surface area contributed by atoms with Gasteiger partial charge in [-0.3, -0.25) is 0 Å². The summed E-state index contributed by atoms with van der Waals surface area (Å²) in [6, 6.07) is 0. The van der Waals surface area contributed by atoms with Crippen molar-refractivity contribution >= 4 is 5.97 Å². The van der Waals surface area contributed by atoms with Gasteiger partial charge in [0.25, 0.3) is 0 Å². The lowest BCUT2D eigenvalue weighted by atomic mass is 10.1. The third kappa shape index (κ3) is 3.61. The van der Waals surface area contributed by atoms with Gasteiger partial charge in [0.15, 0.2) is 6.10 Å². The van der Waals surface area contributed by atoms with Gasteiger partial charge in [-0.15, -0.1) is 0 Å². The van der Waals surface area contributed by atoms with Gasteiger partial charge >= 0.3 is 5.97 Å². The highest BCUT2D eigenvalue weighted by atomic mass is 16.6. The maximum Gasteiger partial charge on any atom is 0.335 e. The first-order valence-corrected chi connectivity index (χ1v) is 4.90. The fraction of sp³-hybridized carbons (Fsp3) is 0.889. The van der Waals surface area contributed by atoms with Crippen molar-refractivity contribution in [2.45, 2.75) is 31.5 Å². The maximum atomic E-state index is 11.2. The zero-order valence-electron chi connectivity index (χ0n) is 8.15. The van der Waals surface area contributed by atoms with Gasteiger partial charge < -0.3 is 20.3 Å². The van der Waals surface area contributed by atoms with Crippen molar-refractivity contribution in [2.75, 3.05) is 19.8 Å². The molecule has 1 unspecified atom stereocenters. The van der Waals surface area contributed by atoms with Crippen LogP contribution in [0.1, 0.15) is 19.3 Å². The van der Waals surface area contributed by atoms with Crippen molar-refractivity contribution in [3.63, 3.8) is 0 Å². The third-order valence-electron chi connectivity index (χ3n) is 2.16. The van der Waals surface area contributed by atoms with Gasteiger partial charge in [-0.2, -0.15) is 0 Å². The molecule has 1 saturated heterocycles. The molecule has 82 valence electrons. The summed E-state index contributed by atoms with van der Waals surface area (Å²) in [4.78, 5) is 11.2. The predicted molar refractivity (Wildman–Crippen MR) is 49.6 cm³/mol. The molecule has 0 spiro atoms. The van der Waals surface area contributed by atoms with Gasteiger partial charge in [-0.25, -0.2) is 4.79 Å². The van der Waals surface area contributed by atoms with E-state index in [2.05, 4.69) is 0 Å². The van der Waals surface area contributed by atoms with E-state index in [-0.39, 0.29) is 19.1 Å². The summed E-state index contributed by atoms with van der Waals surface area (Å²) in [5.41, 5.74) is 5.21. The van der Waals surface area contributed by atoms with Crippen LogP contribution in [-0.4, -0.2) is 43.0 Å². The number of esters is 1. The molecule has 0 amide bonds. The molecule has 1 fully saturated rings. The summed E-state index contributed by atoms with van der Waals surface area (Å²) in [7, 11) is 0. The lowest BCUT2D eigenvalue weighted by molar-refractivity contribution is -0.163. The minimum absolute atomic E-state index is 0.108. The number of hydrogen-bond donors (Lipinski definition) is 2. The Morgan fingerprint density at radius 3 is 2.79 bits per heavy atom. The van der Waals surface area contributed by atoms with E-state index in [1.54, 1.807) is 0 Å². The largest absolute Gasteiger partial charge is 0.460 e. The van der Waals surface area contributed by atoms with Crippen LogP contribution in [0.2, 0.25) is 0 Å². The third-order valence-corrected chi connectivity index (χ3v) is 2.16. The Bertz CT molecular complexity index is 180. The van der Waals surface area contributed by atoms with Crippen LogP contribution in [0.4, 0.5) is 0 Å². The molecule has 1 atom stereocenters. The second-order valence-corrected chi connectivity index (χ2v) is 3.34. The van der Waals surface area contributed by atoms with E-state index in [4.69, 9.17) is 15.2 Å². The molecule has 0 radical (unpaired) electrons. The number of aliphatic hydroxyl groups is 1. The molecule has 0 aromatic rings. The standard InChI is InChI=1S/C9H17NO4/c10-4-1-8(11)9(12)14-7-2-5-13-6-3-7/h7-8,11H,1-6,10H2. The molecule has 1 aliphatic heterocycles. The lowest BCUT2D eigenvalue weighted by Gasteiger charge is -2.23. The molecule has 0 aromatic heterocycles. The summed E-state index contributed by atoms with van der Waals surface area (Å²) >= 11 is 0. The average Bonchev–Trinajstić information content (AvgIpc) is 2.19. The summed E-state index contributed by atoms with van der Waals surface area (Å²) in [6.07, 6.45) is 0.482. The Balaban J connectivity index is 2.24. The Hall–Kier alpha value is -0.650. The second kappa shape index (κ2) is 5.95. The smallest absolute Gasteiger partial charge is 0.335 e. The quantitative estimate of drug-likeness (QED) is 0.597. The van der Waals surface area contributed by atoms with Gasteiger partial charge in [0, 0.05) is 12.8 Å². The maximum absolute atomic E-state index is 11.2. The van der Waals surface area contributed by atoms with Gasteiger partial charge in [0.05, 0.1) is 13.2 Å². The lowest BCUT2D eigenvalue weighted by Crippen LogP contribution is -2.32. The van der Waals surface area contributed by atoms with Crippen molar-refractivity contribution < 1.29 is 19.4 Å². The highest BCUT2D eigenvalue weighted by Gasteiger charge is 2.22. The van der Waals surface area contributed by atoms with Gasteiger partial charge in [-0.05, 0) is 13.0 Å². The van der Waals surface area contributed by atoms with E-state index in [1.165, 1.54) is 0 Å². The van der Waals surface area contributed by atoms with Crippen molar-refractivity contribution in [1.29, 1.82) is 0 Å². The average molecular weight is 203 g/mol. The minimum Gasteiger partial charge on any atom is -0.460 e. The van der Waals surface area contributed by atoms with Crippen molar-refractivity contribution in [3.05, 3.63) is 0 Å². The molecule has 0 aromatic carbocycles. The molecule has 1 rings (SSSR count). The highest BCUT2D eigenvalue weighted by Crippen LogP contribution is 2.11. The van der Waals surface area contributed by atoms with Crippen molar-refractivity contribution in [1.82, 2.24) is 0 Å². The van der Waals surface area contributed by atoms with Crippen LogP contribution in [0.3, 0.4) is 0 Å². The predicted octanol–water partition coefficient (Wildman–Crippen LogP) is -0.582. The molecule has 14 heavy (non-hydrogen) atoms. The first-order valence-electron chi connectivity index (χ1n) is 4.90. The van der Waals surface area contributed by atoms with E-state index in [9.17, 15) is 9.90 Å². The van der Waals surface area contributed by atoms with Gasteiger partial charge in [0.2, 0.25) is 0 Å². The summed E-state index contributed by atoms with van der Waals surface area (Å²) in [6.45, 7) is 1.51. The molecule has 1 aliphatic rings. The summed E-state index contributed by atoms with van der Waals surface area (Å²) < 4.78 is 10.2. The summed E-state index contributed by atoms with van der Waals surface area (Å²) in [5.74, 6) is -0.567. The topological polar surface area (TPSA) is 81.8 Å². The number of nitrogens with two attached hydrogens (primary N) is 1. The van der Waals surface area contributed by atoms with E-state index in [0.717, 1.165) is 0 Å². The van der Waals surface area contributed by atoms with Crippen LogP contribution in [0.5, 0.6) is 0 Å². The van der Waals surface area contributed by atoms with Crippen LogP contribution in [0, 0.1) is 0 Å². The number of ether oxygens (including phenoxy) is 2. The Kier molecular flexibility index (Phi) is 4.86. The van der Waals surface area contributed by atoms with E-state index in [1.807, 2.05) is 0 Å². The first kappa shape index (κ1) is 11.4. The van der Waals surface area contributed by atoms with Crippen molar-refractivity contribution in [2.24, 2.45) is 5.73 Å². The molecular weight excluding hydrogens is 186 g/mol. The van der Waals surface area contributed by atoms with E-state index >= 15 is 0 Å². The molecule has 1 heterocycles. The second-order valence-electron chi connectivity index (χ2n) is 3.34. The molecule has 0 saturated carbocycles. The number of rotatable bonds is 4. The number of carbonyl (C=O) groups is 1. The Morgan fingerprint density at radius 1 is 1.57 bits per heavy atom. The monoisotopic (exact) mass is 203 g/mol. The zero-order valence-corrected chi connectivity index (χ0v) is 8.15. The van der Waals surface area contributed by atoms with Crippen LogP contribution in [0.15, 0.2) is 0 Å². The molecule has 5 nitrogen and oxygen atoms in total. The Morgan fingerprint density at radius 2 is 2.21 bits per heavy atom. The Labute approximate surface area is 83.2 Å². The fourth-order valence-corrected chi connectivity index (χ4v) is 1.31.